The van der Waals surface area contributed by atoms with Crippen LogP contribution in [-0.4, -0.2) is 28.5 Å². The number of guanidine groups is 1. The molecule has 0 bridgehead atoms. The van der Waals surface area contributed by atoms with Gasteiger partial charge in [0.05, 0.1) is 0 Å². The van der Waals surface area contributed by atoms with E-state index < -0.39 is 28.8 Å². The lowest BCUT2D eigenvalue weighted by atomic mass is 9.83. The molecule has 2 aliphatic rings. The summed E-state index contributed by atoms with van der Waals surface area (Å²) in [7, 11) is 0. The lowest BCUT2D eigenvalue weighted by molar-refractivity contribution is -0.162. The van der Waals surface area contributed by atoms with E-state index >= 15 is 0 Å². The maximum absolute atomic E-state index is 13.7. The molecule has 2 aromatic rings. The fourth-order valence-corrected chi connectivity index (χ4v) is 4.20. The summed E-state index contributed by atoms with van der Waals surface area (Å²) in [6.07, 6.45) is -0.823. The Hall–Kier alpha value is -3.39. The van der Waals surface area contributed by atoms with Gasteiger partial charge in [-0.05, 0) is 38.3 Å². The zero-order valence-electron chi connectivity index (χ0n) is 18.7. The van der Waals surface area contributed by atoms with Crippen molar-refractivity contribution >= 4 is 17.8 Å². The Morgan fingerprint density at radius 1 is 1.19 bits per heavy atom. The van der Waals surface area contributed by atoms with Crippen LogP contribution in [0, 0.1) is 0 Å². The van der Waals surface area contributed by atoms with Crippen molar-refractivity contribution in [3.05, 3.63) is 64.7 Å². The summed E-state index contributed by atoms with van der Waals surface area (Å²) in [5.41, 5.74) is 5.31. The van der Waals surface area contributed by atoms with Crippen LogP contribution in [0.2, 0.25) is 0 Å². The van der Waals surface area contributed by atoms with Gasteiger partial charge in [-0.3, -0.25) is 10.1 Å². The summed E-state index contributed by atoms with van der Waals surface area (Å²) in [5, 5.41) is 14.1. The third kappa shape index (κ3) is 3.14. The van der Waals surface area contributed by atoms with E-state index in [0.29, 0.717) is 16.9 Å². The zero-order valence-corrected chi connectivity index (χ0v) is 18.7. The number of aliphatic imine (C=N–C) groups is 1. The van der Waals surface area contributed by atoms with Crippen LogP contribution in [0.25, 0.3) is 0 Å². The number of carbonyl (C=O) groups excluding carboxylic acids is 2. The molecule has 4 rings (SSSR count). The van der Waals surface area contributed by atoms with E-state index in [1.165, 1.54) is 0 Å². The molecule has 0 fully saturated rings. The van der Waals surface area contributed by atoms with E-state index in [1.807, 2.05) is 19.9 Å². The molecular weight excluding hydrogens is 410 g/mol. The van der Waals surface area contributed by atoms with Crippen LogP contribution in [0.3, 0.4) is 0 Å². The van der Waals surface area contributed by atoms with E-state index in [2.05, 4.69) is 10.3 Å². The van der Waals surface area contributed by atoms with Gasteiger partial charge in [-0.2, -0.15) is 0 Å². The number of nitrogens with one attached hydrogen (secondary N) is 1. The molecule has 2 unspecified atom stereocenters. The molecule has 0 saturated carbocycles. The fourth-order valence-electron chi connectivity index (χ4n) is 4.20. The van der Waals surface area contributed by atoms with Crippen molar-refractivity contribution in [2.24, 2.45) is 10.7 Å². The Bertz CT molecular complexity index is 1150. The molecule has 1 aliphatic carbocycles. The molecule has 2 aromatic carbocycles. The number of hydrogen-bond acceptors (Lipinski definition) is 6. The summed E-state index contributed by atoms with van der Waals surface area (Å²) in [5.74, 6) is -2.40. The molecule has 168 valence electrons. The van der Waals surface area contributed by atoms with Crippen LogP contribution in [-0.2, 0) is 16.1 Å². The minimum absolute atomic E-state index is 0.209. The van der Waals surface area contributed by atoms with Crippen molar-refractivity contribution in [2.75, 3.05) is 0 Å². The average Bonchev–Trinajstić information content (AvgIpc) is 3.03. The predicted molar refractivity (Wildman–Crippen MR) is 118 cm³/mol. The lowest BCUT2D eigenvalue weighted by Crippen LogP contribution is -2.50. The predicted octanol–water partition coefficient (Wildman–Crippen LogP) is 3.28. The minimum atomic E-state index is -2.11. The molecule has 8 nitrogen and oxygen atoms in total. The lowest BCUT2D eigenvalue weighted by Gasteiger charge is -2.30. The van der Waals surface area contributed by atoms with Gasteiger partial charge in [-0.15, -0.1) is 0 Å². The largest absolute Gasteiger partial charge is 0.454 e. The monoisotopic (exact) mass is 437 g/mol. The molecule has 0 spiro atoms. The van der Waals surface area contributed by atoms with Crippen molar-refractivity contribution in [1.82, 2.24) is 5.32 Å². The smallest absolute Gasteiger partial charge is 0.414 e. The number of aliphatic hydroxyl groups is 1. The molecule has 2 atom stereocenters. The van der Waals surface area contributed by atoms with Crippen molar-refractivity contribution in [3.8, 4) is 5.75 Å². The van der Waals surface area contributed by atoms with Crippen molar-refractivity contribution in [1.29, 1.82) is 0 Å². The number of rotatable bonds is 2. The first kappa shape index (κ1) is 21.8. The van der Waals surface area contributed by atoms with Crippen LogP contribution in [0.1, 0.15) is 67.6 Å². The zero-order chi connectivity index (χ0) is 23.5. The van der Waals surface area contributed by atoms with Gasteiger partial charge >= 0.3 is 6.09 Å². The first-order valence-corrected chi connectivity index (χ1v) is 10.4. The van der Waals surface area contributed by atoms with Gasteiger partial charge in [0.2, 0.25) is 11.3 Å². The quantitative estimate of drug-likeness (QED) is 0.489. The third-order valence-corrected chi connectivity index (χ3v) is 5.59. The standard InChI is InChI=1S/C24H27N3O5/c1-13(2)14-10-11-17-18(12-14)31-24(30)16-9-7-6-8-15(16)19(28)23(17,24)27-20(25)26-21(29)32-22(3,4)5/h6-13,30H,1-5H3,(H3,25,26,27,29). The second kappa shape index (κ2) is 7.06. The molecular formula is C24H27N3O5. The molecule has 32 heavy (non-hydrogen) atoms. The van der Waals surface area contributed by atoms with Gasteiger partial charge in [-0.1, -0.05) is 50.2 Å². The third-order valence-electron chi connectivity index (χ3n) is 5.59. The van der Waals surface area contributed by atoms with Gasteiger partial charge < -0.3 is 20.3 Å². The molecule has 0 aromatic heterocycles. The SMILES string of the molecule is CC(C)c1ccc2c(c1)OC1(O)c3ccccc3C(=O)C21N=C(N)NC(=O)OC(C)(C)C. The Morgan fingerprint density at radius 3 is 2.53 bits per heavy atom. The number of ketones is 1. The molecule has 0 radical (unpaired) electrons. The van der Waals surface area contributed by atoms with Gasteiger partial charge in [0.25, 0.3) is 5.79 Å². The number of ether oxygens (including phenoxy) is 2. The Balaban J connectivity index is 1.86. The van der Waals surface area contributed by atoms with Crippen molar-refractivity contribution in [3.63, 3.8) is 0 Å². The first-order chi connectivity index (χ1) is 14.9. The normalized spacial score (nSPS) is 24.0. The fraction of sp³-hybridized carbons (Fsp3) is 0.375. The number of amides is 1. The number of fused-ring (bicyclic) bond motifs is 5. The Kier molecular flexibility index (Phi) is 4.82. The second-order valence-corrected chi connectivity index (χ2v) is 9.37. The van der Waals surface area contributed by atoms with Crippen LogP contribution in [0.15, 0.2) is 47.5 Å². The molecule has 1 aliphatic heterocycles. The van der Waals surface area contributed by atoms with Gasteiger partial charge in [0, 0.05) is 16.7 Å². The number of hydrogen-bond donors (Lipinski definition) is 3. The van der Waals surface area contributed by atoms with E-state index in [0.717, 1.165) is 5.56 Å². The van der Waals surface area contributed by atoms with Gasteiger partial charge in [-0.25, -0.2) is 9.79 Å². The first-order valence-electron chi connectivity index (χ1n) is 10.4. The number of Topliss-reactive ketones (excluding diaryl/α,β-unsaturated/α-hetero) is 1. The van der Waals surface area contributed by atoms with Crippen molar-refractivity contribution in [2.45, 2.75) is 57.5 Å². The summed E-state index contributed by atoms with van der Waals surface area (Å²) in [6.45, 7) is 9.19. The number of nitrogens with two attached hydrogens (primary N) is 1. The topological polar surface area (TPSA) is 123 Å². The van der Waals surface area contributed by atoms with E-state index in [4.69, 9.17) is 15.2 Å². The van der Waals surface area contributed by atoms with Gasteiger partial charge in [0.1, 0.15) is 11.4 Å². The maximum atomic E-state index is 13.7. The highest BCUT2D eigenvalue weighted by Gasteiger charge is 2.71. The maximum Gasteiger partial charge on any atom is 0.414 e. The van der Waals surface area contributed by atoms with Crippen LogP contribution in [0.5, 0.6) is 5.75 Å². The van der Waals surface area contributed by atoms with Gasteiger partial charge in [0.15, 0.2) is 5.96 Å². The van der Waals surface area contributed by atoms with Crippen LogP contribution < -0.4 is 15.8 Å². The summed E-state index contributed by atoms with van der Waals surface area (Å²) in [4.78, 5) is 30.3. The number of carbonyl (C=O) groups is 2. The number of benzene rings is 2. The highest BCUT2D eigenvalue weighted by molar-refractivity contribution is 6.12. The van der Waals surface area contributed by atoms with E-state index in [9.17, 15) is 14.7 Å². The Labute approximate surface area is 186 Å². The molecule has 0 saturated heterocycles. The van der Waals surface area contributed by atoms with E-state index in [-0.39, 0.29) is 17.4 Å². The summed E-state index contributed by atoms with van der Waals surface area (Å²) in [6, 6.07) is 12.0. The van der Waals surface area contributed by atoms with E-state index in [1.54, 1.807) is 57.2 Å². The molecule has 4 N–H and O–H groups in total. The molecule has 8 heteroatoms. The van der Waals surface area contributed by atoms with Crippen molar-refractivity contribution < 1.29 is 24.2 Å². The number of alkyl carbamates (subject to hydrolysis) is 1. The highest BCUT2D eigenvalue weighted by atomic mass is 16.6. The van der Waals surface area contributed by atoms with Crippen LogP contribution in [0.4, 0.5) is 4.79 Å². The second-order valence-electron chi connectivity index (χ2n) is 9.37. The Morgan fingerprint density at radius 2 is 1.88 bits per heavy atom. The minimum Gasteiger partial charge on any atom is -0.454 e. The average molecular weight is 437 g/mol. The number of nitrogens with zero attached hydrogens (tertiary/aromatic N) is 1. The molecule has 1 heterocycles. The van der Waals surface area contributed by atoms with Crippen LogP contribution >= 0.6 is 0 Å². The highest BCUT2D eigenvalue weighted by Crippen LogP contribution is 2.60. The summed E-state index contributed by atoms with van der Waals surface area (Å²) < 4.78 is 11.2. The summed E-state index contributed by atoms with van der Waals surface area (Å²) >= 11 is 0. The molecule has 1 amide bonds.